The summed E-state index contributed by atoms with van der Waals surface area (Å²) in [6.45, 7) is 0. The molecule has 5 aromatic heterocycles. The molecule has 0 saturated heterocycles. The summed E-state index contributed by atoms with van der Waals surface area (Å²) < 4.78 is 11.3. The van der Waals surface area contributed by atoms with Gasteiger partial charge < -0.3 is 4.42 Å². The molecule has 0 spiro atoms. The second-order valence-corrected chi connectivity index (χ2v) is 17.8. The van der Waals surface area contributed by atoms with Gasteiger partial charge in [-0.1, -0.05) is 152 Å². The Morgan fingerprint density at radius 2 is 0.968 bits per heavy atom. The maximum Gasteiger partial charge on any atom is 0.180 e. The predicted molar refractivity (Wildman–Crippen MR) is 263 cm³/mol. The third kappa shape index (κ3) is 5.89. The fraction of sp³-hybridized carbons (Fsp3) is 0. The molecule has 0 radical (unpaired) electrons. The highest BCUT2D eigenvalue weighted by Crippen LogP contribution is 2.46. The lowest BCUT2D eigenvalue weighted by molar-refractivity contribution is 0.667. The van der Waals surface area contributed by atoms with Crippen LogP contribution < -0.4 is 0 Å². The molecule has 0 bridgehead atoms. The maximum atomic E-state index is 6.44. The molecular formula is C56H32N4OS2. The van der Waals surface area contributed by atoms with Crippen molar-refractivity contribution in [1.29, 1.82) is 0 Å². The highest BCUT2D eigenvalue weighted by molar-refractivity contribution is 7.26. The van der Waals surface area contributed by atoms with Gasteiger partial charge in [-0.25, -0.2) is 19.9 Å². The van der Waals surface area contributed by atoms with E-state index in [1.165, 1.54) is 25.7 Å². The first kappa shape index (κ1) is 35.9. The van der Waals surface area contributed by atoms with Crippen molar-refractivity contribution in [3.63, 3.8) is 0 Å². The van der Waals surface area contributed by atoms with E-state index in [-0.39, 0.29) is 0 Å². The van der Waals surface area contributed by atoms with Gasteiger partial charge in [0.1, 0.15) is 16.8 Å². The Labute approximate surface area is 369 Å². The van der Waals surface area contributed by atoms with E-state index < -0.39 is 0 Å². The van der Waals surface area contributed by atoms with Crippen molar-refractivity contribution < 1.29 is 4.42 Å². The number of hydrogen-bond donors (Lipinski definition) is 0. The molecule has 13 rings (SSSR count). The van der Waals surface area contributed by atoms with Gasteiger partial charge in [0.05, 0.1) is 11.4 Å². The molecule has 5 heterocycles. The Balaban J connectivity index is 0.995. The van der Waals surface area contributed by atoms with Crippen molar-refractivity contribution in [3.8, 4) is 67.7 Å². The number of benzene rings is 8. The fourth-order valence-corrected chi connectivity index (χ4v) is 11.5. The molecule has 5 nitrogen and oxygen atoms in total. The average Bonchev–Trinajstić information content (AvgIpc) is 4.06. The smallest absolute Gasteiger partial charge is 0.180 e. The lowest BCUT2D eigenvalue weighted by Crippen LogP contribution is -1.96. The van der Waals surface area contributed by atoms with Gasteiger partial charge in [0.2, 0.25) is 0 Å². The van der Waals surface area contributed by atoms with E-state index in [0.29, 0.717) is 17.2 Å². The minimum Gasteiger partial charge on any atom is -0.452 e. The number of hydrogen-bond acceptors (Lipinski definition) is 7. The summed E-state index contributed by atoms with van der Waals surface area (Å²) in [4.78, 5) is 21.1. The molecule has 0 amide bonds. The SMILES string of the molecule is c1ccc(-c2nc(-c3cccc(-c4cccc5c4sc4ccccc45)c3)cc(-c3cccc4sc5c(-c6nc(-c7ccccc7)c7oc8ccccc8c7n6)cccc5c34)n2)cc1. The number of nitrogens with zero attached hydrogens (tertiary/aromatic N) is 4. The van der Waals surface area contributed by atoms with E-state index in [1.807, 2.05) is 65.9 Å². The third-order valence-corrected chi connectivity index (χ3v) is 14.4. The lowest BCUT2D eigenvalue weighted by atomic mass is 9.98. The number of rotatable bonds is 6. The average molecular weight is 841 g/mol. The van der Waals surface area contributed by atoms with Crippen LogP contribution in [0.4, 0.5) is 0 Å². The zero-order chi connectivity index (χ0) is 41.4. The molecule has 0 aliphatic heterocycles. The third-order valence-electron chi connectivity index (χ3n) is 11.9. The summed E-state index contributed by atoms with van der Waals surface area (Å²) in [7, 11) is 0. The molecule has 0 fully saturated rings. The fourth-order valence-electron chi connectivity index (χ4n) is 9.01. The summed E-state index contributed by atoms with van der Waals surface area (Å²) in [6.07, 6.45) is 0. The Morgan fingerprint density at radius 1 is 0.365 bits per heavy atom. The van der Waals surface area contributed by atoms with E-state index in [1.54, 1.807) is 11.3 Å². The van der Waals surface area contributed by atoms with E-state index in [0.717, 1.165) is 87.1 Å². The molecule has 0 unspecified atom stereocenters. The zero-order valence-electron chi connectivity index (χ0n) is 33.5. The van der Waals surface area contributed by atoms with Crippen molar-refractivity contribution in [1.82, 2.24) is 19.9 Å². The van der Waals surface area contributed by atoms with Crippen LogP contribution in [0.5, 0.6) is 0 Å². The van der Waals surface area contributed by atoms with Crippen LogP contribution in [-0.4, -0.2) is 19.9 Å². The Bertz CT molecular complexity index is 3930. The van der Waals surface area contributed by atoms with Gasteiger partial charge in [0.15, 0.2) is 17.2 Å². The summed E-state index contributed by atoms with van der Waals surface area (Å²) in [6, 6.07) is 67.8. The van der Waals surface area contributed by atoms with Gasteiger partial charge in [0, 0.05) is 73.5 Å². The van der Waals surface area contributed by atoms with Gasteiger partial charge in [-0.3, -0.25) is 0 Å². The van der Waals surface area contributed by atoms with Crippen LogP contribution in [0.2, 0.25) is 0 Å². The predicted octanol–water partition coefficient (Wildman–Crippen LogP) is 15.9. The standard InChI is InChI=1S/C56H32N4OS2/c1-3-15-33(16-4-1)50-52-51(41-22-7-9-28-46(41)61-52)60-56(59-50)43-27-13-26-42-49-40(25-14-30-48(49)63-54(42)43)45-32-44(57-55(58-45)34-17-5-2-6-18-34)36-20-11-19-35(31-36)37-23-12-24-39-38-21-8-10-29-47(38)62-53(37)39/h1-32H. The molecule has 294 valence electrons. The summed E-state index contributed by atoms with van der Waals surface area (Å²) in [5, 5.41) is 5.82. The van der Waals surface area contributed by atoms with Crippen molar-refractivity contribution in [2.75, 3.05) is 0 Å². The van der Waals surface area contributed by atoms with Crippen LogP contribution in [0.25, 0.3) is 130 Å². The molecule has 0 N–H and O–H groups in total. The van der Waals surface area contributed by atoms with E-state index in [4.69, 9.17) is 24.4 Å². The highest BCUT2D eigenvalue weighted by Gasteiger charge is 2.22. The van der Waals surface area contributed by atoms with Crippen LogP contribution in [-0.2, 0) is 0 Å². The van der Waals surface area contributed by atoms with Crippen molar-refractivity contribution in [2.45, 2.75) is 0 Å². The number of fused-ring (bicyclic) bond motifs is 9. The minimum absolute atomic E-state index is 0.661. The first-order valence-corrected chi connectivity index (χ1v) is 22.5. The monoisotopic (exact) mass is 840 g/mol. The van der Waals surface area contributed by atoms with E-state index >= 15 is 0 Å². The van der Waals surface area contributed by atoms with Crippen LogP contribution in [0, 0.1) is 0 Å². The highest BCUT2D eigenvalue weighted by atomic mass is 32.1. The lowest BCUT2D eigenvalue weighted by Gasteiger charge is -2.12. The van der Waals surface area contributed by atoms with Crippen LogP contribution >= 0.6 is 22.7 Å². The first-order valence-electron chi connectivity index (χ1n) is 20.9. The molecular weight excluding hydrogens is 809 g/mol. The van der Waals surface area contributed by atoms with Crippen molar-refractivity contribution in [2.24, 2.45) is 0 Å². The van der Waals surface area contributed by atoms with E-state index in [9.17, 15) is 0 Å². The van der Waals surface area contributed by atoms with E-state index in [2.05, 4.69) is 140 Å². The number of thiophene rings is 2. The minimum atomic E-state index is 0.661. The quantitative estimate of drug-likeness (QED) is 0.167. The van der Waals surface area contributed by atoms with Gasteiger partial charge in [0.25, 0.3) is 0 Å². The Morgan fingerprint density at radius 3 is 1.84 bits per heavy atom. The van der Waals surface area contributed by atoms with Gasteiger partial charge in [-0.2, -0.15) is 0 Å². The molecule has 63 heavy (non-hydrogen) atoms. The number of furan rings is 1. The van der Waals surface area contributed by atoms with Crippen molar-refractivity contribution >= 4 is 85.1 Å². The second kappa shape index (κ2) is 14.4. The Hall–Kier alpha value is -7.84. The summed E-state index contributed by atoms with van der Waals surface area (Å²) in [5.41, 5.74) is 12.2. The number of aromatic nitrogens is 4. The summed E-state index contributed by atoms with van der Waals surface area (Å²) in [5.74, 6) is 1.34. The molecule has 8 aromatic carbocycles. The molecule has 0 aliphatic rings. The van der Waals surface area contributed by atoms with Crippen LogP contribution in [0.15, 0.2) is 199 Å². The van der Waals surface area contributed by atoms with Crippen LogP contribution in [0.1, 0.15) is 0 Å². The second-order valence-electron chi connectivity index (χ2n) is 15.7. The first-order chi connectivity index (χ1) is 31.2. The molecule has 0 atom stereocenters. The summed E-state index contributed by atoms with van der Waals surface area (Å²) >= 11 is 3.61. The zero-order valence-corrected chi connectivity index (χ0v) is 35.1. The molecule has 0 saturated carbocycles. The maximum absolute atomic E-state index is 6.44. The normalized spacial score (nSPS) is 11.8. The van der Waals surface area contributed by atoms with Gasteiger partial charge in [-0.15, -0.1) is 22.7 Å². The molecule has 13 aromatic rings. The molecule has 7 heteroatoms. The van der Waals surface area contributed by atoms with Crippen molar-refractivity contribution in [3.05, 3.63) is 194 Å². The number of para-hydroxylation sites is 1. The molecule has 0 aliphatic carbocycles. The largest absolute Gasteiger partial charge is 0.452 e. The topological polar surface area (TPSA) is 64.7 Å². The van der Waals surface area contributed by atoms with Crippen LogP contribution in [0.3, 0.4) is 0 Å². The van der Waals surface area contributed by atoms with Gasteiger partial charge >= 0.3 is 0 Å². The Kier molecular flexibility index (Phi) is 8.19. The van der Waals surface area contributed by atoms with Gasteiger partial charge in [-0.05, 0) is 53.6 Å².